The molecule has 0 aromatic heterocycles. The molecular formula is C15H19NO3. The average Bonchev–Trinajstić information content (AvgIpc) is 2.71. The quantitative estimate of drug-likeness (QED) is 0.764. The maximum absolute atomic E-state index is 11.4. The van der Waals surface area contributed by atoms with Crippen molar-refractivity contribution in [3.8, 4) is 5.75 Å². The lowest BCUT2D eigenvalue weighted by atomic mass is 10.0. The van der Waals surface area contributed by atoms with Gasteiger partial charge in [-0.2, -0.15) is 0 Å². The van der Waals surface area contributed by atoms with Crippen LogP contribution in [0.15, 0.2) is 24.3 Å². The zero-order chi connectivity index (χ0) is 13.8. The number of amides is 2. The minimum Gasteiger partial charge on any atom is -0.492 e. The first-order valence-electron chi connectivity index (χ1n) is 6.64. The summed E-state index contributed by atoms with van der Waals surface area (Å²) in [6, 6.07) is 7.91. The molecule has 4 heteroatoms. The Hall–Kier alpha value is -1.84. The van der Waals surface area contributed by atoms with E-state index in [9.17, 15) is 9.59 Å². The molecule has 0 unspecified atom stereocenters. The number of carbonyl (C=O) groups is 2. The van der Waals surface area contributed by atoms with E-state index in [1.807, 2.05) is 24.3 Å². The highest BCUT2D eigenvalue weighted by atomic mass is 16.5. The number of hydrogen-bond donors (Lipinski definition) is 0. The number of rotatable bonds is 5. The van der Waals surface area contributed by atoms with Crippen LogP contribution < -0.4 is 4.74 Å². The number of imide groups is 1. The lowest BCUT2D eigenvalue weighted by Crippen LogP contribution is -2.33. The van der Waals surface area contributed by atoms with Gasteiger partial charge < -0.3 is 4.74 Å². The number of carbonyl (C=O) groups excluding carboxylic acids is 2. The van der Waals surface area contributed by atoms with Crippen molar-refractivity contribution in [3.05, 3.63) is 29.8 Å². The molecule has 1 aliphatic heterocycles. The number of nitrogens with zero attached hydrogens (tertiary/aromatic N) is 1. The van der Waals surface area contributed by atoms with E-state index in [-0.39, 0.29) is 11.8 Å². The molecule has 0 spiro atoms. The first-order valence-corrected chi connectivity index (χ1v) is 6.64. The van der Waals surface area contributed by atoms with E-state index in [0.29, 0.717) is 31.9 Å². The third kappa shape index (κ3) is 3.34. The van der Waals surface area contributed by atoms with Gasteiger partial charge in [-0.15, -0.1) is 0 Å². The summed E-state index contributed by atoms with van der Waals surface area (Å²) in [5.41, 5.74) is 1.26. The lowest BCUT2D eigenvalue weighted by molar-refractivity contribution is -0.138. The number of hydrogen-bond acceptors (Lipinski definition) is 3. The van der Waals surface area contributed by atoms with Crippen LogP contribution >= 0.6 is 0 Å². The van der Waals surface area contributed by atoms with Gasteiger partial charge in [0.2, 0.25) is 11.8 Å². The summed E-state index contributed by atoms with van der Waals surface area (Å²) in [6.07, 6.45) is 0.670. The molecule has 2 rings (SSSR count). The molecule has 1 aromatic carbocycles. The van der Waals surface area contributed by atoms with Gasteiger partial charge in [-0.1, -0.05) is 26.0 Å². The van der Waals surface area contributed by atoms with Crippen molar-refractivity contribution >= 4 is 11.8 Å². The molecule has 1 aromatic rings. The second-order valence-corrected chi connectivity index (χ2v) is 5.01. The van der Waals surface area contributed by atoms with E-state index in [1.54, 1.807) is 0 Å². The van der Waals surface area contributed by atoms with Gasteiger partial charge in [0.15, 0.2) is 0 Å². The molecule has 2 amide bonds. The number of benzene rings is 1. The summed E-state index contributed by atoms with van der Waals surface area (Å²) in [7, 11) is 0. The van der Waals surface area contributed by atoms with Gasteiger partial charge in [0.05, 0.1) is 6.54 Å². The Morgan fingerprint density at radius 1 is 1.11 bits per heavy atom. The van der Waals surface area contributed by atoms with E-state index < -0.39 is 0 Å². The Labute approximate surface area is 113 Å². The fourth-order valence-electron chi connectivity index (χ4n) is 2.08. The topological polar surface area (TPSA) is 46.6 Å². The van der Waals surface area contributed by atoms with Crippen molar-refractivity contribution in [2.45, 2.75) is 32.6 Å². The van der Waals surface area contributed by atoms with Crippen LogP contribution in [0, 0.1) is 0 Å². The zero-order valence-electron chi connectivity index (χ0n) is 11.4. The van der Waals surface area contributed by atoms with Crippen molar-refractivity contribution in [2.24, 2.45) is 0 Å². The molecule has 1 saturated heterocycles. The summed E-state index contributed by atoms with van der Waals surface area (Å²) in [4.78, 5) is 24.1. The van der Waals surface area contributed by atoms with Crippen LogP contribution in [0.5, 0.6) is 5.75 Å². The SMILES string of the molecule is CC(C)c1ccc(OCCN2C(=O)CCC2=O)cc1. The molecule has 0 atom stereocenters. The predicted molar refractivity (Wildman–Crippen MR) is 72.0 cm³/mol. The highest BCUT2D eigenvalue weighted by Gasteiger charge is 2.28. The van der Waals surface area contributed by atoms with E-state index in [2.05, 4.69) is 13.8 Å². The van der Waals surface area contributed by atoms with Gasteiger partial charge in [0.1, 0.15) is 12.4 Å². The standard InChI is InChI=1S/C15H19NO3/c1-11(2)12-3-5-13(6-4-12)19-10-9-16-14(17)7-8-15(16)18/h3-6,11H,7-10H2,1-2H3. The van der Waals surface area contributed by atoms with Crippen molar-refractivity contribution in [2.75, 3.05) is 13.2 Å². The molecule has 1 heterocycles. The smallest absolute Gasteiger partial charge is 0.229 e. The summed E-state index contributed by atoms with van der Waals surface area (Å²) in [5, 5.41) is 0. The van der Waals surface area contributed by atoms with Gasteiger partial charge in [-0.3, -0.25) is 14.5 Å². The van der Waals surface area contributed by atoms with Crippen LogP contribution in [0.1, 0.15) is 38.2 Å². The van der Waals surface area contributed by atoms with Gasteiger partial charge in [0.25, 0.3) is 0 Å². The van der Waals surface area contributed by atoms with Crippen LogP contribution in [0.3, 0.4) is 0 Å². The van der Waals surface area contributed by atoms with Crippen molar-refractivity contribution in [1.29, 1.82) is 0 Å². The molecule has 4 nitrogen and oxygen atoms in total. The highest BCUT2D eigenvalue weighted by molar-refractivity contribution is 6.01. The van der Waals surface area contributed by atoms with Crippen LogP contribution in [0.2, 0.25) is 0 Å². The normalized spacial score (nSPS) is 15.4. The lowest BCUT2D eigenvalue weighted by Gasteiger charge is -2.14. The maximum atomic E-state index is 11.4. The van der Waals surface area contributed by atoms with Crippen molar-refractivity contribution < 1.29 is 14.3 Å². The van der Waals surface area contributed by atoms with Gasteiger partial charge in [0, 0.05) is 12.8 Å². The molecule has 1 aliphatic rings. The van der Waals surface area contributed by atoms with Crippen LogP contribution in [0.25, 0.3) is 0 Å². The molecule has 0 N–H and O–H groups in total. The molecule has 102 valence electrons. The van der Waals surface area contributed by atoms with Crippen LogP contribution in [-0.4, -0.2) is 29.9 Å². The molecular weight excluding hydrogens is 242 g/mol. The minimum atomic E-state index is -0.0937. The predicted octanol–water partition coefficient (Wildman–Crippen LogP) is 2.34. The third-order valence-electron chi connectivity index (χ3n) is 3.29. The highest BCUT2D eigenvalue weighted by Crippen LogP contribution is 2.18. The monoisotopic (exact) mass is 261 g/mol. The number of ether oxygens (including phenoxy) is 1. The summed E-state index contributed by atoms with van der Waals surface area (Å²) >= 11 is 0. The van der Waals surface area contributed by atoms with Gasteiger partial charge in [-0.05, 0) is 23.6 Å². The third-order valence-corrected chi connectivity index (χ3v) is 3.29. The fourth-order valence-corrected chi connectivity index (χ4v) is 2.08. The average molecular weight is 261 g/mol. The van der Waals surface area contributed by atoms with Gasteiger partial charge in [-0.25, -0.2) is 0 Å². The molecule has 0 saturated carbocycles. The molecule has 0 bridgehead atoms. The molecule has 1 fully saturated rings. The summed E-state index contributed by atoms with van der Waals surface area (Å²) in [6.45, 7) is 4.96. The second-order valence-electron chi connectivity index (χ2n) is 5.01. The number of likely N-dealkylation sites (tertiary alicyclic amines) is 1. The van der Waals surface area contributed by atoms with Crippen molar-refractivity contribution in [3.63, 3.8) is 0 Å². The Kier molecular flexibility index (Phi) is 4.20. The van der Waals surface area contributed by atoms with E-state index in [0.717, 1.165) is 5.75 Å². The summed E-state index contributed by atoms with van der Waals surface area (Å²) in [5.74, 6) is 1.07. The van der Waals surface area contributed by atoms with E-state index >= 15 is 0 Å². The van der Waals surface area contributed by atoms with E-state index in [4.69, 9.17) is 4.74 Å². The molecule has 0 radical (unpaired) electrons. The fraction of sp³-hybridized carbons (Fsp3) is 0.467. The minimum absolute atomic E-state index is 0.0937. The van der Waals surface area contributed by atoms with Crippen LogP contribution in [0.4, 0.5) is 0 Å². The van der Waals surface area contributed by atoms with E-state index in [1.165, 1.54) is 10.5 Å². The zero-order valence-corrected chi connectivity index (χ0v) is 11.4. The second kappa shape index (κ2) is 5.87. The largest absolute Gasteiger partial charge is 0.492 e. The van der Waals surface area contributed by atoms with Crippen LogP contribution in [-0.2, 0) is 9.59 Å². The Balaban J connectivity index is 1.82. The molecule has 19 heavy (non-hydrogen) atoms. The first-order chi connectivity index (χ1) is 9.08. The summed E-state index contributed by atoms with van der Waals surface area (Å²) < 4.78 is 5.55. The van der Waals surface area contributed by atoms with Gasteiger partial charge >= 0.3 is 0 Å². The Bertz CT molecular complexity index is 449. The Morgan fingerprint density at radius 3 is 2.21 bits per heavy atom. The maximum Gasteiger partial charge on any atom is 0.229 e. The first kappa shape index (κ1) is 13.6. The molecule has 0 aliphatic carbocycles. The Morgan fingerprint density at radius 2 is 1.68 bits per heavy atom. The van der Waals surface area contributed by atoms with Crippen molar-refractivity contribution in [1.82, 2.24) is 4.90 Å².